The van der Waals surface area contributed by atoms with Gasteiger partial charge in [0.1, 0.15) is 5.75 Å². The van der Waals surface area contributed by atoms with Crippen molar-refractivity contribution < 1.29 is 26.3 Å². The van der Waals surface area contributed by atoms with Crippen molar-refractivity contribution in [2.45, 2.75) is 11.1 Å². The van der Waals surface area contributed by atoms with Crippen LogP contribution in [-0.2, 0) is 16.2 Å². The zero-order valence-corrected chi connectivity index (χ0v) is 18.7. The number of alkyl halides is 3. The van der Waals surface area contributed by atoms with Crippen LogP contribution in [0, 0.1) is 0 Å². The van der Waals surface area contributed by atoms with Crippen LogP contribution in [0.15, 0.2) is 58.8 Å². The molecule has 1 aliphatic rings. The Morgan fingerprint density at radius 1 is 1.03 bits per heavy atom. The number of methoxy groups -OCH3 is 1. The lowest BCUT2D eigenvalue weighted by Gasteiger charge is -2.33. The summed E-state index contributed by atoms with van der Waals surface area (Å²) in [4.78, 5) is 5.47. The number of hydrogen-bond donors (Lipinski definition) is 0. The second kappa shape index (κ2) is 8.72. The Morgan fingerprint density at radius 2 is 1.72 bits per heavy atom. The third-order valence-corrected chi connectivity index (χ3v) is 7.98. The number of sulfonamides is 1. The van der Waals surface area contributed by atoms with Crippen molar-refractivity contribution in [1.29, 1.82) is 0 Å². The number of nitrogens with zero attached hydrogens (tertiary/aromatic N) is 3. The summed E-state index contributed by atoms with van der Waals surface area (Å²) >= 11 is 0.905. The monoisotopic (exact) mass is 483 g/mol. The fourth-order valence-electron chi connectivity index (χ4n) is 3.50. The summed E-state index contributed by atoms with van der Waals surface area (Å²) in [7, 11) is -2.26. The van der Waals surface area contributed by atoms with Gasteiger partial charge in [-0.15, -0.1) is 11.3 Å². The first-order valence-electron chi connectivity index (χ1n) is 9.71. The number of thiazole rings is 1. The molecule has 32 heavy (non-hydrogen) atoms. The van der Waals surface area contributed by atoms with Crippen molar-refractivity contribution in [3.8, 4) is 16.9 Å². The average molecular weight is 484 g/mol. The topological polar surface area (TPSA) is 62.7 Å². The average Bonchev–Trinajstić information content (AvgIpc) is 3.30. The van der Waals surface area contributed by atoms with Gasteiger partial charge in [-0.1, -0.05) is 30.3 Å². The summed E-state index contributed by atoms with van der Waals surface area (Å²) in [5.41, 5.74) is 0.560. The van der Waals surface area contributed by atoms with Crippen molar-refractivity contribution in [2.24, 2.45) is 0 Å². The molecule has 2 aromatic carbocycles. The molecule has 1 aromatic heterocycles. The standard InChI is InChI=1S/C21H20F3N3O3S2/c1-30-18-8-7-16(13-17(18)15-5-3-2-4-6-15)32(28,29)27-11-9-26(10-12-27)20-25-19(14-31-20)21(22,23)24/h2-8,13-14H,9-12H2,1H3. The zero-order valence-electron chi connectivity index (χ0n) is 17.0. The molecule has 0 radical (unpaired) electrons. The molecule has 2 heterocycles. The Kier molecular flexibility index (Phi) is 6.15. The summed E-state index contributed by atoms with van der Waals surface area (Å²) < 4.78 is 71.7. The first-order valence-corrected chi connectivity index (χ1v) is 12.0. The molecule has 170 valence electrons. The van der Waals surface area contributed by atoms with Gasteiger partial charge in [-0.05, 0) is 23.8 Å². The minimum atomic E-state index is -4.50. The first kappa shape index (κ1) is 22.6. The highest BCUT2D eigenvalue weighted by Crippen LogP contribution is 2.35. The third kappa shape index (κ3) is 4.45. The van der Waals surface area contributed by atoms with Gasteiger partial charge in [0.05, 0.1) is 12.0 Å². The van der Waals surface area contributed by atoms with E-state index in [2.05, 4.69) is 4.98 Å². The van der Waals surface area contributed by atoms with Crippen LogP contribution >= 0.6 is 11.3 Å². The maximum absolute atomic E-state index is 13.3. The quantitative estimate of drug-likeness (QED) is 0.540. The van der Waals surface area contributed by atoms with Gasteiger partial charge < -0.3 is 9.64 Å². The molecule has 3 aromatic rings. The summed E-state index contributed by atoms with van der Waals surface area (Å²) in [6, 6.07) is 14.0. The van der Waals surface area contributed by atoms with Gasteiger partial charge in [0.15, 0.2) is 10.8 Å². The Bertz CT molecular complexity index is 1190. The Morgan fingerprint density at radius 3 is 2.31 bits per heavy atom. The lowest BCUT2D eigenvalue weighted by atomic mass is 10.1. The van der Waals surface area contributed by atoms with Gasteiger partial charge in [-0.25, -0.2) is 13.4 Å². The fraction of sp³-hybridized carbons (Fsp3) is 0.286. The molecule has 6 nitrogen and oxygen atoms in total. The van der Waals surface area contributed by atoms with E-state index >= 15 is 0 Å². The smallest absolute Gasteiger partial charge is 0.434 e. The molecule has 4 rings (SSSR count). The normalized spacial score (nSPS) is 15.7. The Balaban J connectivity index is 1.53. The third-order valence-electron chi connectivity index (χ3n) is 5.19. The summed E-state index contributed by atoms with van der Waals surface area (Å²) in [5.74, 6) is 0.559. The van der Waals surface area contributed by atoms with E-state index in [1.807, 2.05) is 30.3 Å². The molecule has 11 heteroatoms. The molecule has 0 N–H and O–H groups in total. The zero-order chi connectivity index (χ0) is 22.9. The lowest BCUT2D eigenvalue weighted by molar-refractivity contribution is -0.140. The van der Waals surface area contributed by atoms with E-state index in [4.69, 9.17) is 4.74 Å². The number of halogens is 3. The van der Waals surface area contributed by atoms with Gasteiger partial charge in [-0.3, -0.25) is 0 Å². The number of anilines is 1. The molecule has 0 spiro atoms. The molecule has 0 bridgehead atoms. The van der Waals surface area contributed by atoms with E-state index in [0.717, 1.165) is 22.3 Å². The van der Waals surface area contributed by atoms with Crippen LogP contribution in [0.3, 0.4) is 0 Å². The minimum Gasteiger partial charge on any atom is -0.496 e. The van der Waals surface area contributed by atoms with Crippen molar-refractivity contribution in [1.82, 2.24) is 9.29 Å². The van der Waals surface area contributed by atoms with Crippen LogP contribution in [0.25, 0.3) is 11.1 Å². The van der Waals surface area contributed by atoms with Crippen molar-refractivity contribution >= 4 is 26.5 Å². The Labute approximate surface area is 187 Å². The minimum absolute atomic E-state index is 0.138. The predicted octanol–water partition coefficient (Wildman–Crippen LogP) is 4.35. The van der Waals surface area contributed by atoms with Crippen LogP contribution in [0.2, 0.25) is 0 Å². The van der Waals surface area contributed by atoms with Crippen LogP contribution in [0.1, 0.15) is 5.69 Å². The van der Waals surface area contributed by atoms with Crippen molar-refractivity contribution in [3.05, 3.63) is 59.6 Å². The number of hydrogen-bond acceptors (Lipinski definition) is 6. The number of benzene rings is 2. The number of rotatable bonds is 5. The van der Waals surface area contributed by atoms with Crippen LogP contribution in [0.5, 0.6) is 5.75 Å². The van der Waals surface area contributed by atoms with Gasteiger partial charge in [-0.2, -0.15) is 17.5 Å². The van der Waals surface area contributed by atoms with E-state index in [-0.39, 0.29) is 36.2 Å². The van der Waals surface area contributed by atoms with Gasteiger partial charge in [0.25, 0.3) is 0 Å². The molecule has 1 fully saturated rings. The molecule has 0 amide bonds. The van der Waals surface area contributed by atoms with Gasteiger partial charge in [0, 0.05) is 37.1 Å². The van der Waals surface area contributed by atoms with Crippen LogP contribution in [-0.4, -0.2) is 51.0 Å². The molecule has 1 aliphatic heterocycles. The van der Waals surface area contributed by atoms with Crippen LogP contribution in [0.4, 0.5) is 18.3 Å². The molecule has 0 atom stereocenters. The fourth-order valence-corrected chi connectivity index (χ4v) is 5.83. The Hall–Kier alpha value is -2.63. The summed E-state index contributed by atoms with van der Waals surface area (Å²) in [6.07, 6.45) is -4.50. The van der Waals surface area contributed by atoms with Crippen molar-refractivity contribution in [2.75, 3.05) is 38.2 Å². The van der Waals surface area contributed by atoms with E-state index < -0.39 is 21.9 Å². The van der Waals surface area contributed by atoms with Crippen molar-refractivity contribution in [3.63, 3.8) is 0 Å². The second-order valence-electron chi connectivity index (χ2n) is 7.13. The van der Waals surface area contributed by atoms with E-state index in [0.29, 0.717) is 11.3 Å². The summed E-state index contributed by atoms with van der Waals surface area (Å²) in [5, 5.41) is 1.21. The molecule has 0 unspecified atom stereocenters. The van der Waals surface area contributed by atoms with Gasteiger partial charge in [0.2, 0.25) is 10.0 Å². The lowest BCUT2D eigenvalue weighted by Crippen LogP contribution is -2.48. The molecule has 0 aliphatic carbocycles. The molecule has 1 saturated heterocycles. The number of aromatic nitrogens is 1. The molecule has 0 saturated carbocycles. The largest absolute Gasteiger partial charge is 0.496 e. The van der Waals surface area contributed by atoms with E-state index in [1.54, 1.807) is 17.0 Å². The highest BCUT2D eigenvalue weighted by Gasteiger charge is 2.35. The first-order chi connectivity index (χ1) is 15.2. The molecular weight excluding hydrogens is 463 g/mol. The van der Waals surface area contributed by atoms with Crippen LogP contribution < -0.4 is 9.64 Å². The SMILES string of the molecule is COc1ccc(S(=O)(=O)N2CCN(c3nc(C(F)(F)F)cs3)CC2)cc1-c1ccccc1. The van der Waals surface area contributed by atoms with E-state index in [1.165, 1.54) is 17.5 Å². The van der Waals surface area contributed by atoms with E-state index in [9.17, 15) is 21.6 Å². The second-order valence-corrected chi connectivity index (χ2v) is 9.91. The maximum Gasteiger partial charge on any atom is 0.434 e. The maximum atomic E-state index is 13.3. The predicted molar refractivity (Wildman–Crippen MR) is 117 cm³/mol. The summed E-state index contributed by atoms with van der Waals surface area (Å²) in [6.45, 7) is 0.809. The van der Waals surface area contributed by atoms with Gasteiger partial charge >= 0.3 is 6.18 Å². The molecular formula is C21H20F3N3O3S2. The number of piperazine rings is 1. The highest BCUT2D eigenvalue weighted by atomic mass is 32.2. The highest BCUT2D eigenvalue weighted by molar-refractivity contribution is 7.89. The number of ether oxygens (including phenoxy) is 1.